The maximum Gasteiger partial charge on any atom is 0.191 e. The molecule has 0 saturated carbocycles. The van der Waals surface area contributed by atoms with Gasteiger partial charge in [0.1, 0.15) is 11.6 Å². The van der Waals surface area contributed by atoms with E-state index in [1.54, 1.807) is 11.8 Å². The molecule has 1 N–H and O–H groups in total. The van der Waals surface area contributed by atoms with Gasteiger partial charge in [0, 0.05) is 89.9 Å². The summed E-state index contributed by atoms with van der Waals surface area (Å²) in [5, 5.41) is 7.95. The van der Waals surface area contributed by atoms with Gasteiger partial charge < -0.3 is 19.7 Å². The van der Waals surface area contributed by atoms with Gasteiger partial charge >= 0.3 is 0 Å². The zero-order chi connectivity index (χ0) is 25.4. The molecule has 5 aromatic rings. The number of nitrogens with one attached hydrogen (secondary N) is 1. The molecule has 1 aliphatic heterocycles. The Morgan fingerprint density at radius 2 is 1.73 bits per heavy atom. The number of rotatable bonds is 6. The fourth-order valence-electron chi connectivity index (χ4n) is 5.13. The van der Waals surface area contributed by atoms with E-state index < -0.39 is 0 Å². The lowest BCUT2D eigenvalue weighted by Crippen LogP contribution is -2.47. The van der Waals surface area contributed by atoms with Gasteiger partial charge in [-0.2, -0.15) is 0 Å². The number of piperazine rings is 1. The van der Waals surface area contributed by atoms with Gasteiger partial charge in [-0.1, -0.05) is 23.9 Å². The smallest absolute Gasteiger partial charge is 0.191 e. The van der Waals surface area contributed by atoms with Crippen molar-refractivity contribution in [2.75, 3.05) is 47.6 Å². The van der Waals surface area contributed by atoms with Crippen LogP contribution >= 0.6 is 11.8 Å². The topological polar surface area (TPSA) is 62.1 Å². The Balaban J connectivity index is 1.21. The SMILES string of the molecule is CSc1nc(Nc2ccc3c(ccn3C(C)C)c2)cc(N2CCN(c3cccc4cnccc34)CC2)n1. The molecule has 37 heavy (non-hydrogen) atoms. The molecule has 8 heteroatoms. The van der Waals surface area contributed by atoms with Crippen molar-refractivity contribution in [1.29, 1.82) is 0 Å². The second-order valence-corrected chi connectivity index (χ2v) is 10.4. The van der Waals surface area contributed by atoms with Crippen LogP contribution in [0, 0.1) is 0 Å². The molecule has 7 nitrogen and oxygen atoms in total. The van der Waals surface area contributed by atoms with Crippen LogP contribution in [0.25, 0.3) is 21.7 Å². The van der Waals surface area contributed by atoms with Crippen LogP contribution < -0.4 is 15.1 Å². The quantitative estimate of drug-likeness (QED) is 0.211. The molecule has 1 aliphatic rings. The molecule has 2 aromatic carbocycles. The molecule has 0 atom stereocenters. The number of nitrogens with zero attached hydrogens (tertiary/aromatic N) is 6. The Labute approximate surface area is 221 Å². The lowest BCUT2D eigenvalue weighted by atomic mass is 10.1. The van der Waals surface area contributed by atoms with Crippen LogP contribution in [0.5, 0.6) is 0 Å². The number of benzene rings is 2. The normalized spacial score (nSPS) is 14.2. The first kappa shape index (κ1) is 23.6. The average molecular weight is 510 g/mol. The molecule has 0 bridgehead atoms. The standard InChI is InChI=1S/C29H31N7S/c1-20(2)36-12-10-21-17-23(7-8-25(21)36)31-27-18-28(33-29(32-27)37-3)35-15-13-34(14-16-35)26-6-4-5-22-19-30-11-9-24(22)26/h4-12,17-20H,13-16H2,1-3H3,(H,31,32,33). The predicted molar refractivity (Wildman–Crippen MR) is 156 cm³/mol. The van der Waals surface area contributed by atoms with E-state index in [-0.39, 0.29) is 0 Å². The summed E-state index contributed by atoms with van der Waals surface area (Å²) in [4.78, 5) is 18.7. The molecule has 6 rings (SSSR count). The van der Waals surface area contributed by atoms with Gasteiger partial charge in [0.25, 0.3) is 0 Å². The molecule has 0 unspecified atom stereocenters. The van der Waals surface area contributed by atoms with Crippen LogP contribution in [0.15, 0.2) is 78.3 Å². The number of hydrogen-bond acceptors (Lipinski definition) is 7. The van der Waals surface area contributed by atoms with Crippen LogP contribution in [-0.2, 0) is 0 Å². The highest BCUT2D eigenvalue weighted by Crippen LogP contribution is 2.30. The summed E-state index contributed by atoms with van der Waals surface area (Å²) < 4.78 is 2.29. The first-order chi connectivity index (χ1) is 18.1. The van der Waals surface area contributed by atoms with E-state index in [0.29, 0.717) is 6.04 Å². The third kappa shape index (κ3) is 4.69. The highest BCUT2D eigenvalue weighted by atomic mass is 32.2. The van der Waals surface area contributed by atoms with Gasteiger partial charge in [0.05, 0.1) is 0 Å². The highest BCUT2D eigenvalue weighted by Gasteiger charge is 2.21. The zero-order valence-electron chi connectivity index (χ0n) is 21.4. The molecule has 188 valence electrons. The molecule has 4 heterocycles. The molecule has 0 spiro atoms. The van der Waals surface area contributed by atoms with Crippen LogP contribution in [0.1, 0.15) is 19.9 Å². The molecule has 0 radical (unpaired) electrons. The Kier molecular flexibility index (Phi) is 6.34. The molecular weight excluding hydrogens is 478 g/mol. The van der Waals surface area contributed by atoms with Crippen LogP contribution in [-0.4, -0.2) is 52.0 Å². The Bertz CT molecular complexity index is 1550. The van der Waals surface area contributed by atoms with E-state index in [9.17, 15) is 0 Å². The van der Waals surface area contributed by atoms with Crippen LogP contribution in [0.2, 0.25) is 0 Å². The number of hydrogen-bond donors (Lipinski definition) is 1. The van der Waals surface area contributed by atoms with Crippen molar-refractivity contribution in [3.8, 4) is 0 Å². The van der Waals surface area contributed by atoms with Gasteiger partial charge in [0.15, 0.2) is 5.16 Å². The van der Waals surface area contributed by atoms with Crippen molar-refractivity contribution in [3.05, 3.63) is 73.2 Å². The maximum atomic E-state index is 4.85. The number of anilines is 4. The molecule has 0 amide bonds. The largest absolute Gasteiger partial charge is 0.367 e. The predicted octanol–water partition coefficient (Wildman–Crippen LogP) is 6.35. The number of pyridine rings is 1. The third-order valence-corrected chi connectivity index (χ3v) is 7.57. The van der Waals surface area contributed by atoms with Crippen molar-refractivity contribution in [3.63, 3.8) is 0 Å². The summed E-state index contributed by atoms with van der Waals surface area (Å²) in [5.74, 6) is 1.79. The van der Waals surface area contributed by atoms with Gasteiger partial charge in [-0.3, -0.25) is 4.98 Å². The van der Waals surface area contributed by atoms with Crippen molar-refractivity contribution in [2.24, 2.45) is 0 Å². The first-order valence-electron chi connectivity index (χ1n) is 12.7. The highest BCUT2D eigenvalue weighted by molar-refractivity contribution is 7.98. The fraction of sp³-hybridized carbons (Fsp3) is 0.276. The molecule has 3 aromatic heterocycles. The van der Waals surface area contributed by atoms with E-state index in [1.807, 2.05) is 18.6 Å². The summed E-state index contributed by atoms with van der Waals surface area (Å²) in [6.45, 7) is 8.09. The van der Waals surface area contributed by atoms with Gasteiger partial charge in [-0.05, 0) is 56.5 Å². The summed E-state index contributed by atoms with van der Waals surface area (Å²) in [7, 11) is 0. The van der Waals surface area contributed by atoms with Crippen molar-refractivity contribution < 1.29 is 0 Å². The number of fused-ring (bicyclic) bond motifs is 2. The lowest BCUT2D eigenvalue weighted by Gasteiger charge is -2.37. The van der Waals surface area contributed by atoms with Gasteiger partial charge in [-0.25, -0.2) is 9.97 Å². The fourth-order valence-corrected chi connectivity index (χ4v) is 5.50. The van der Waals surface area contributed by atoms with Crippen molar-refractivity contribution in [2.45, 2.75) is 25.0 Å². The van der Waals surface area contributed by atoms with Gasteiger partial charge in [0.2, 0.25) is 0 Å². The average Bonchev–Trinajstić information content (AvgIpc) is 3.36. The Morgan fingerprint density at radius 3 is 2.54 bits per heavy atom. The summed E-state index contributed by atoms with van der Waals surface area (Å²) in [6, 6.07) is 19.7. The zero-order valence-corrected chi connectivity index (χ0v) is 22.2. The van der Waals surface area contributed by atoms with E-state index >= 15 is 0 Å². The number of aromatic nitrogens is 4. The van der Waals surface area contributed by atoms with Crippen LogP contribution in [0.3, 0.4) is 0 Å². The molecule has 0 aliphatic carbocycles. The molecule has 1 saturated heterocycles. The summed E-state index contributed by atoms with van der Waals surface area (Å²) in [5.41, 5.74) is 3.55. The Hall–Kier alpha value is -3.78. The first-order valence-corrected chi connectivity index (χ1v) is 13.9. The third-order valence-electron chi connectivity index (χ3n) is 7.03. The minimum atomic E-state index is 0.433. The maximum absolute atomic E-state index is 4.85. The second kappa shape index (κ2) is 9.94. The van der Waals surface area contributed by atoms with E-state index in [4.69, 9.17) is 9.97 Å². The van der Waals surface area contributed by atoms with Crippen LogP contribution in [0.4, 0.5) is 23.0 Å². The summed E-state index contributed by atoms with van der Waals surface area (Å²) in [6.07, 6.45) is 7.99. The van der Waals surface area contributed by atoms with Gasteiger partial charge in [-0.15, -0.1) is 0 Å². The van der Waals surface area contributed by atoms with E-state index in [2.05, 4.69) is 99.3 Å². The molecule has 1 fully saturated rings. The van der Waals surface area contributed by atoms with Crippen molar-refractivity contribution >= 4 is 56.4 Å². The monoisotopic (exact) mass is 509 g/mol. The minimum Gasteiger partial charge on any atom is -0.367 e. The van der Waals surface area contributed by atoms with E-state index in [1.165, 1.54) is 27.4 Å². The number of thioether (sulfide) groups is 1. The summed E-state index contributed by atoms with van der Waals surface area (Å²) >= 11 is 1.57. The second-order valence-electron chi connectivity index (χ2n) is 9.66. The Morgan fingerprint density at radius 1 is 0.892 bits per heavy atom. The lowest BCUT2D eigenvalue weighted by molar-refractivity contribution is 0.623. The molecular formula is C29H31N7S. The minimum absolute atomic E-state index is 0.433. The van der Waals surface area contributed by atoms with E-state index in [0.717, 1.165) is 48.7 Å². The van der Waals surface area contributed by atoms with Crippen molar-refractivity contribution in [1.82, 2.24) is 19.5 Å².